The van der Waals surface area contributed by atoms with Crippen LogP contribution in [0.3, 0.4) is 0 Å². The van der Waals surface area contributed by atoms with E-state index in [1.165, 1.54) is 17.1 Å². The molecule has 8 heteroatoms. The molecule has 3 rings (SSSR count). The number of fused-ring (bicyclic) bond motifs is 1. The van der Waals surface area contributed by atoms with Gasteiger partial charge in [0.1, 0.15) is 5.39 Å². The molecule has 22 heavy (non-hydrogen) atoms. The van der Waals surface area contributed by atoms with E-state index in [1.807, 2.05) is 0 Å². The van der Waals surface area contributed by atoms with Crippen LogP contribution in [0.5, 0.6) is 0 Å². The van der Waals surface area contributed by atoms with Gasteiger partial charge >= 0.3 is 0 Å². The van der Waals surface area contributed by atoms with Crippen LogP contribution in [0.2, 0.25) is 0 Å². The van der Waals surface area contributed by atoms with Gasteiger partial charge in [-0.3, -0.25) is 18.8 Å². The van der Waals surface area contributed by atoms with Gasteiger partial charge in [-0.25, -0.2) is 4.98 Å². The highest BCUT2D eigenvalue weighted by molar-refractivity contribution is 5.76. The summed E-state index contributed by atoms with van der Waals surface area (Å²) >= 11 is 0. The van der Waals surface area contributed by atoms with Crippen molar-refractivity contribution in [3.8, 4) is 0 Å². The first-order valence-electron chi connectivity index (χ1n) is 7.36. The van der Waals surface area contributed by atoms with E-state index in [4.69, 9.17) is 4.74 Å². The summed E-state index contributed by atoms with van der Waals surface area (Å²) in [6.45, 7) is 2.42. The molecule has 1 N–H and O–H groups in total. The lowest BCUT2D eigenvalue weighted by Crippen LogP contribution is -2.31. The molecule has 0 aromatic carbocycles. The second-order valence-electron chi connectivity index (χ2n) is 5.53. The molecule has 0 radical (unpaired) electrons. The van der Waals surface area contributed by atoms with E-state index in [1.54, 1.807) is 11.7 Å². The van der Waals surface area contributed by atoms with Crippen LogP contribution in [-0.2, 0) is 23.1 Å². The molecule has 0 saturated carbocycles. The molecule has 1 amide bonds. The van der Waals surface area contributed by atoms with Crippen LogP contribution in [-0.4, -0.2) is 45.0 Å². The van der Waals surface area contributed by atoms with Gasteiger partial charge in [0, 0.05) is 39.1 Å². The Morgan fingerprint density at radius 1 is 1.55 bits per heavy atom. The summed E-state index contributed by atoms with van der Waals surface area (Å²) in [5.41, 5.74) is 0.377. The molecule has 118 valence electrons. The summed E-state index contributed by atoms with van der Waals surface area (Å²) in [5.74, 6) is 0.338. The summed E-state index contributed by atoms with van der Waals surface area (Å²) in [5, 5.41) is 7.37. The maximum Gasteiger partial charge on any atom is 0.264 e. The average molecular weight is 305 g/mol. The number of nitrogens with one attached hydrogen (secondary N) is 1. The number of hydrogen-bond acceptors (Lipinski definition) is 5. The number of nitrogens with zero attached hydrogens (tertiary/aromatic N) is 4. The molecule has 1 atom stereocenters. The van der Waals surface area contributed by atoms with E-state index >= 15 is 0 Å². The number of carbonyl (C=O) groups excluding carboxylic acids is 1. The molecule has 1 saturated heterocycles. The SMILES string of the molecule is Cn1ncc2c(=O)n(CCC(=O)NC[C@@H]3CCOC3)cnc21. The second-order valence-corrected chi connectivity index (χ2v) is 5.53. The standard InChI is InChI=1S/C14H19N5O3/c1-18-13-11(7-17-18)14(21)19(9-16-13)4-2-12(20)15-6-10-3-5-22-8-10/h7,9-10H,2-6,8H2,1H3,(H,15,20)/t10-/m0/s1. The Labute approximate surface area is 127 Å². The fourth-order valence-corrected chi connectivity index (χ4v) is 2.54. The van der Waals surface area contributed by atoms with E-state index in [-0.39, 0.29) is 17.9 Å². The fourth-order valence-electron chi connectivity index (χ4n) is 2.54. The summed E-state index contributed by atoms with van der Waals surface area (Å²) < 4.78 is 8.26. The average Bonchev–Trinajstić information content (AvgIpc) is 3.15. The first-order chi connectivity index (χ1) is 10.6. The summed E-state index contributed by atoms with van der Waals surface area (Å²) in [6, 6.07) is 0. The largest absolute Gasteiger partial charge is 0.381 e. The predicted octanol–water partition coefficient (Wildman–Crippen LogP) is -0.327. The summed E-state index contributed by atoms with van der Waals surface area (Å²) in [7, 11) is 1.74. The molecular formula is C14H19N5O3. The van der Waals surface area contributed by atoms with Crippen LogP contribution in [0, 0.1) is 5.92 Å². The number of rotatable bonds is 5. The van der Waals surface area contributed by atoms with Crippen molar-refractivity contribution in [2.24, 2.45) is 13.0 Å². The lowest BCUT2D eigenvalue weighted by molar-refractivity contribution is -0.121. The van der Waals surface area contributed by atoms with Gasteiger partial charge < -0.3 is 10.1 Å². The minimum absolute atomic E-state index is 0.0647. The van der Waals surface area contributed by atoms with Crippen molar-refractivity contribution in [2.45, 2.75) is 19.4 Å². The molecule has 0 spiro atoms. The maximum atomic E-state index is 12.2. The van der Waals surface area contributed by atoms with Gasteiger partial charge in [0.05, 0.1) is 19.1 Å². The quantitative estimate of drug-likeness (QED) is 0.817. The van der Waals surface area contributed by atoms with Crippen LogP contribution in [0.4, 0.5) is 0 Å². The zero-order valence-electron chi connectivity index (χ0n) is 12.5. The van der Waals surface area contributed by atoms with Crippen LogP contribution >= 0.6 is 0 Å². The highest BCUT2D eigenvalue weighted by atomic mass is 16.5. The number of hydrogen-bond donors (Lipinski definition) is 1. The van der Waals surface area contributed by atoms with Crippen molar-refractivity contribution in [1.82, 2.24) is 24.6 Å². The van der Waals surface area contributed by atoms with Crippen molar-refractivity contribution in [3.05, 3.63) is 22.9 Å². The lowest BCUT2D eigenvalue weighted by atomic mass is 10.1. The van der Waals surface area contributed by atoms with Gasteiger partial charge in [0.2, 0.25) is 5.91 Å². The van der Waals surface area contributed by atoms with Crippen LogP contribution in [0.25, 0.3) is 11.0 Å². The van der Waals surface area contributed by atoms with Crippen molar-refractivity contribution in [2.75, 3.05) is 19.8 Å². The predicted molar refractivity (Wildman–Crippen MR) is 79.3 cm³/mol. The molecule has 3 heterocycles. The van der Waals surface area contributed by atoms with Crippen LogP contribution in [0.1, 0.15) is 12.8 Å². The number of ether oxygens (including phenoxy) is 1. The zero-order chi connectivity index (χ0) is 15.5. The topological polar surface area (TPSA) is 91.0 Å². The molecule has 1 aliphatic rings. The molecule has 8 nitrogen and oxygen atoms in total. The molecule has 0 bridgehead atoms. The number of amides is 1. The third kappa shape index (κ3) is 3.01. The Morgan fingerprint density at radius 3 is 3.18 bits per heavy atom. The van der Waals surface area contributed by atoms with Crippen LogP contribution < -0.4 is 10.9 Å². The molecular weight excluding hydrogens is 286 g/mol. The second kappa shape index (κ2) is 6.27. The monoisotopic (exact) mass is 305 g/mol. The molecule has 2 aromatic rings. The number of aryl methyl sites for hydroxylation is 2. The van der Waals surface area contributed by atoms with E-state index in [2.05, 4.69) is 15.4 Å². The lowest BCUT2D eigenvalue weighted by Gasteiger charge is -2.10. The van der Waals surface area contributed by atoms with E-state index in [0.717, 1.165) is 13.0 Å². The molecule has 1 aliphatic heterocycles. The summed E-state index contributed by atoms with van der Waals surface area (Å²) in [6.07, 6.45) is 4.20. The molecule has 0 unspecified atom stereocenters. The fraction of sp³-hybridized carbons (Fsp3) is 0.571. The first-order valence-corrected chi connectivity index (χ1v) is 7.36. The van der Waals surface area contributed by atoms with Crippen molar-refractivity contribution in [1.29, 1.82) is 0 Å². The third-order valence-electron chi connectivity index (χ3n) is 3.91. The van der Waals surface area contributed by atoms with Gasteiger partial charge in [-0.15, -0.1) is 0 Å². The molecule has 2 aromatic heterocycles. The normalized spacial score (nSPS) is 18.0. The number of aromatic nitrogens is 4. The Kier molecular flexibility index (Phi) is 4.19. The highest BCUT2D eigenvalue weighted by Crippen LogP contribution is 2.10. The third-order valence-corrected chi connectivity index (χ3v) is 3.91. The van der Waals surface area contributed by atoms with E-state index in [0.29, 0.717) is 36.6 Å². The highest BCUT2D eigenvalue weighted by Gasteiger charge is 2.16. The van der Waals surface area contributed by atoms with Gasteiger partial charge in [-0.2, -0.15) is 5.10 Å². The molecule has 0 aliphatic carbocycles. The summed E-state index contributed by atoms with van der Waals surface area (Å²) in [4.78, 5) is 28.3. The van der Waals surface area contributed by atoms with Gasteiger partial charge in [-0.05, 0) is 6.42 Å². The maximum absolute atomic E-state index is 12.2. The van der Waals surface area contributed by atoms with E-state index in [9.17, 15) is 9.59 Å². The van der Waals surface area contributed by atoms with Crippen molar-refractivity contribution < 1.29 is 9.53 Å². The Bertz CT molecular complexity index is 730. The smallest absolute Gasteiger partial charge is 0.264 e. The minimum atomic E-state index is -0.171. The Hall–Kier alpha value is -2.22. The first kappa shape index (κ1) is 14.7. The van der Waals surface area contributed by atoms with Crippen molar-refractivity contribution in [3.63, 3.8) is 0 Å². The van der Waals surface area contributed by atoms with Gasteiger partial charge in [0.15, 0.2) is 5.65 Å². The Balaban J connectivity index is 1.57. The Morgan fingerprint density at radius 2 is 2.41 bits per heavy atom. The number of carbonyl (C=O) groups is 1. The van der Waals surface area contributed by atoms with E-state index < -0.39 is 0 Å². The minimum Gasteiger partial charge on any atom is -0.381 e. The van der Waals surface area contributed by atoms with Gasteiger partial charge in [0.25, 0.3) is 5.56 Å². The van der Waals surface area contributed by atoms with Crippen LogP contribution in [0.15, 0.2) is 17.3 Å². The van der Waals surface area contributed by atoms with Crippen molar-refractivity contribution >= 4 is 16.9 Å². The van der Waals surface area contributed by atoms with Gasteiger partial charge in [-0.1, -0.05) is 0 Å². The molecule has 1 fully saturated rings. The zero-order valence-corrected chi connectivity index (χ0v) is 12.5.